The van der Waals surface area contributed by atoms with Gasteiger partial charge in [0.15, 0.2) is 0 Å². The largest absolute Gasteiger partial charge is 0.353 e. The molecule has 0 aliphatic rings. The van der Waals surface area contributed by atoms with Gasteiger partial charge in [-0.1, -0.05) is 0 Å². The van der Waals surface area contributed by atoms with Gasteiger partial charge in [0.05, 0.1) is 0 Å². The average Bonchev–Trinajstić information content (AvgIpc) is 1.80. The third-order valence-corrected chi connectivity index (χ3v) is 1.18. The Morgan fingerprint density at radius 2 is 1.46 bits per heavy atom. The van der Waals surface area contributed by atoms with Gasteiger partial charge < -0.3 is 5.32 Å². The Balaban J connectivity index is 4.19. The molecule has 0 saturated heterocycles. The Kier molecular flexibility index (Phi) is 5.51. The van der Waals surface area contributed by atoms with E-state index in [2.05, 4.69) is 57.2 Å². The molecule has 3 heteroatoms. The highest BCUT2D eigenvalue weighted by molar-refractivity contribution is 5.80. The summed E-state index contributed by atoms with van der Waals surface area (Å²) >= 11 is 0. The van der Waals surface area contributed by atoms with E-state index in [1.165, 1.54) is 0 Å². The molecule has 0 atom stereocenters. The molecule has 0 aromatic carbocycles. The summed E-state index contributed by atoms with van der Waals surface area (Å²) in [6, 6.07) is 0.979. The molecule has 77 valence electrons. The molecule has 1 N–H and O–H groups in total. The zero-order chi connectivity index (χ0) is 10.4. The van der Waals surface area contributed by atoms with Crippen molar-refractivity contribution in [1.82, 2.24) is 10.6 Å². The number of hydrogen-bond donors (Lipinski definition) is 1. The molecule has 0 aliphatic carbocycles. The van der Waals surface area contributed by atoms with Crippen molar-refractivity contribution in [1.29, 1.82) is 0 Å². The smallest absolute Gasteiger partial charge is 0.214 e. The molecule has 1 radical (unpaired) electrons. The molecule has 0 spiro atoms. The molecule has 0 bridgehead atoms. The van der Waals surface area contributed by atoms with E-state index in [4.69, 9.17) is 0 Å². The molecule has 0 amide bonds. The molecule has 0 aromatic rings. The van der Waals surface area contributed by atoms with E-state index in [-0.39, 0.29) is 0 Å². The van der Waals surface area contributed by atoms with Gasteiger partial charge in [0.1, 0.15) is 0 Å². The topological polar surface area (TPSA) is 38.5 Å². The lowest BCUT2D eigenvalue weighted by atomic mass is 10.3. The molecule has 0 fully saturated rings. The molecule has 0 aromatic heterocycles. The van der Waals surface area contributed by atoms with Crippen LogP contribution in [0, 0.1) is 0 Å². The first-order valence-electron chi connectivity index (χ1n) is 4.97. The second-order valence-corrected chi connectivity index (χ2v) is 4.07. The Labute approximate surface area is 82.0 Å². The van der Waals surface area contributed by atoms with Crippen molar-refractivity contribution in [3.8, 4) is 0 Å². The average molecular weight is 184 g/mol. The monoisotopic (exact) mass is 184 g/mol. The normalized spacial score (nSPS) is 12.8. The van der Waals surface area contributed by atoms with Gasteiger partial charge in [-0.3, -0.25) is 0 Å². The summed E-state index contributed by atoms with van der Waals surface area (Å²) in [6.45, 7) is 12.4. The van der Waals surface area contributed by atoms with Gasteiger partial charge in [0.2, 0.25) is 5.96 Å². The highest BCUT2D eigenvalue weighted by atomic mass is 15.2. The SMILES string of the molecule is CC(C)[N]/C(=N/C(C)C)NC(C)C. The summed E-state index contributed by atoms with van der Waals surface area (Å²) in [5, 5.41) is 7.62. The van der Waals surface area contributed by atoms with Gasteiger partial charge in [-0.15, -0.1) is 0 Å². The van der Waals surface area contributed by atoms with Gasteiger partial charge in [0.25, 0.3) is 0 Å². The lowest BCUT2D eigenvalue weighted by Gasteiger charge is -2.15. The predicted molar refractivity (Wildman–Crippen MR) is 58.1 cm³/mol. The molecule has 13 heavy (non-hydrogen) atoms. The third kappa shape index (κ3) is 7.62. The van der Waals surface area contributed by atoms with E-state index >= 15 is 0 Å². The molecule has 0 unspecified atom stereocenters. The van der Waals surface area contributed by atoms with E-state index in [1.807, 2.05) is 0 Å². The van der Waals surface area contributed by atoms with Crippen LogP contribution in [0.2, 0.25) is 0 Å². The highest BCUT2D eigenvalue weighted by Gasteiger charge is 2.05. The minimum atomic E-state index is 0.295. The first-order valence-corrected chi connectivity index (χ1v) is 4.97. The van der Waals surface area contributed by atoms with Crippen molar-refractivity contribution < 1.29 is 0 Å². The summed E-state index contributed by atoms with van der Waals surface area (Å²) in [5.74, 6) is 0.778. The van der Waals surface area contributed by atoms with Crippen LogP contribution in [-0.4, -0.2) is 24.1 Å². The predicted octanol–water partition coefficient (Wildman–Crippen LogP) is 1.76. The second kappa shape index (κ2) is 5.84. The van der Waals surface area contributed by atoms with Crippen LogP contribution in [-0.2, 0) is 0 Å². The van der Waals surface area contributed by atoms with E-state index in [1.54, 1.807) is 0 Å². The number of nitrogens with one attached hydrogen (secondary N) is 1. The molecular weight excluding hydrogens is 162 g/mol. The lowest BCUT2D eigenvalue weighted by Crippen LogP contribution is -2.40. The molecule has 0 saturated carbocycles. The maximum atomic E-state index is 4.40. The van der Waals surface area contributed by atoms with Crippen molar-refractivity contribution in [3.63, 3.8) is 0 Å². The minimum Gasteiger partial charge on any atom is -0.353 e. The maximum absolute atomic E-state index is 4.40. The number of aliphatic imine (C=N–C) groups is 1. The van der Waals surface area contributed by atoms with Crippen LogP contribution < -0.4 is 10.6 Å². The van der Waals surface area contributed by atoms with Crippen molar-refractivity contribution >= 4 is 5.96 Å². The first kappa shape index (κ1) is 12.3. The van der Waals surface area contributed by atoms with E-state index in [0.29, 0.717) is 18.1 Å². The quantitative estimate of drug-likeness (QED) is 0.527. The van der Waals surface area contributed by atoms with Crippen LogP contribution in [0.1, 0.15) is 41.5 Å². The molecule has 0 heterocycles. The van der Waals surface area contributed by atoms with E-state index < -0.39 is 0 Å². The molecular formula is C10H22N3. The molecule has 3 nitrogen and oxygen atoms in total. The summed E-state index contributed by atoms with van der Waals surface area (Å²) in [6.07, 6.45) is 0. The lowest BCUT2D eigenvalue weighted by molar-refractivity contribution is 0.640. The van der Waals surface area contributed by atoms with Crippen LogP contribution in [0.15, 0.2) is 4.99 Å². The minimum absolute atomic E-state index is 0.295. The Bertz CT molecular complexity index is 148. The highest BCUT2D eigenvalue weighted by Crippen LogP contribution is 1.90. The standard InChI is InChI=1S/C10H22N3/c1-7(2)11-10(12-8(3)4)13-9(5)6/h7-9H,1-6H3,(H,11,12). The van der Waals surface area contributed by atoms with Gasteiger partial charge in [0, 0.05) is 18.1 Å². The van der Waals surface area contributed by atoms with Crippen LogP contribution in [0.5, 0.6) is 0 Å². The van der Waals surface area contributed by atoms with Crippen molar-refractivity contribution in [2.45, 2.75) is 59.7 Å². The fraction of sp³-hybridized carbons (Fsp3) is 0.900. The van der Waals surface area contributed by atoms with Gasteiger partial charge in [-0.05, 0) is 41.5 Å². The van der Waals surface area contributed by atoms with Crippen LogP contribution >= 0.6 is 0 Å². The van der Waals surface area contributed by atoms with E-state index in [9.17, 15) is 0 Å². The summed E-state index contributed by atoms with van der Waals surface area (Å²) in [5.41, 5.74) is 0. The Morgan fingerprint density at radius 3 is 1.77 bits per heavy atom. The summed E-state index contributed by atoms with van der Waals surface area (Å²) in [7, 11) is 0. The third-order valence-electron chi connectivity index (χ3n) is 1.18. The first-order chi connectivity index (χ1) is 5.91. The van der Waals surface area contributed by atoms with Crippen molar-refractivity contribution in [3.05, 3.63) is 0 Å². The van der Waals surface area contributed by atoms with Gasteiger partial charge >= 0.3 is 0 Å². The fourth-order valence-corrected chi connectivity index (χ4v) is 0.855. The Hall–Kier alpha value is -0.730. The van der Waals surface area contributed by atoms with Crippen molar-refractivity contribution in [2.75, 3.05) is 0 Å². The number of hydrogen-bond acceptors (Lipinski definition) is 1. The molecule has 0 aliphatic heterocycles. The zero-order valence-corrected chi connectivity index (χ0v) is 9.63. The number of rotatable bonds is 3. The number of guanidine groups is 1. The second-order valence-electron chi connectivity index (χ2n) is 4.07. The van der Waals surface area contributed by atoms with Crippen LogP contribution in [0.3, 0.4) is 0 Å². The zero-order valence-electron chi connectivity index (χ0n) is 9.63. The van der Waals surface area contributed by atoms with Gasteiger partial charge in [-0.25, -0.2) is 10.3 Å². The van der Waals surface area contributed by atoms with E-state index in [0.717, 1.165) is 5.96 Å². The maximum Gasteiger partial charge on any atom is 0.214 e. The number of nitrogens with zero attached hydrogens (tertiary/aromatic N) is 2. The van der Waals surface area contributed by atoms with Crippen LogP contribution in [0.25, 0.3) is 0 Å². The Morgan fingerprint density at radius 1 is 0.923 bits per heavy atom. The summed E-state index contributed by atoms with van der Waals surface area (Å²) < 4.78 is 0. The van der Waals surface area contributed by atoms with Crippen LogP contribution in [0.4, 0.5) is 0 Å². The molecule has 0 rings (SSSR count). The van der Waals surface area contributed by atoms with Gasteiger partial charge in [-0.2, -0.15) is 0 Å². The summed E-state index contributed by atoms with van der Waals surface area (Å²) in [4.78, 5) is 4.40. The van der Waals surface area contributed by atoms with Crippen molar-refractivity contribution in [2.24, 2.45) is 4.99 Å². The fourth-order valence-electron chi connectivity index (χ4n) is 0.855.